The van der Waals surface area contributed by atoms with Crippen molar-refractivity contribution in [2.45, 2.75) is 51.2 Å². The predicted octanol–water partition coefficient (Wildman–Crippen LogP) is 2.50. The van der Waals surface area contributed by atoms with Crippen molar-refractivity contribution < 1.29 is 18.9 Å². The van der Waals surface area contributed by atoms with Gasteiger partial charge in [0.25, 0.3) is 5.91 Å². The first-order chi connectivity index (χ1) is 13.9. The Kier molecular flexibility index (Phi) is 5.13. The number of rotatable bonds is 7. The van der Waals surface area contributed by atoms with Gasteiger partial charge in [-0.25, -0.2) is 14.1 Å². The van der Waals surface area contributed by atoms with Crippen LogP contribution in [0.5, 0.6) is 0 Å². The molecule has 0 bridgehead atoms. The Bertz CT molecular complexity index is 909. The van der Waals surface area contributed by atoms with Crippen molar-refractivity contribution >= 4 is 11.9 Å². The standard InChI is InChI=1S/C23H26FN3O2/c1-3-23(18-8-4-16(2)5-9-18)21(28)27(22(29)25-23)15-26(20-12-13-20)14-17-6-10-19(24)11-7-17/h4-11,20H,3,12-15H2,1-2H3,(H,25,29)/p+1/t23-/m1/s1. The minimum atomic E-state index is -1.00. The van der Waals surface area contributed by atoms with E-state index in [9.17, 15) is 14.0 Å². The summed E-state index contributed by atoms with van der Waals surface area (Å²) in [5.74, 6) is -0.451. The number of benzene rings is 2. The first kappa shape index (κ1) is 19.6. The number of quaternary nitrogens is 1. The van der Waals surface area contributed by atoms with Crippen LogP contribution in [-0.4, -0.2) is 29.5 Å². The van der Waals surface area contributed by atoms with Crippen LogP contribution in [0.25, 0.3) is 0 Å². The third-order valence-corrected chi connectivity index (χ3v) is 6.11. The number of aryl methyl sites for hydroxylation is 1. The Morgan fingerprint density at radius 3 is 2.34 bits per heavy atom. The zero-order chi connectivity index (χ0) is 20.6. The number of nitrogens with one attached hydrogen (secondary N) is 2. The Labute approximate surface area is 170 Å². The molecule has 1 aliphatic heterocycles. The van der Waals surface area contributed by atoms with Gasteiger partial charge >= 0.3 is 6.03 Å². The Morgan fingerprint density at radius 2 is 1.76 bits per heavy atom. The van der Waals surface area contributed by atoms with Crippen molar-refractivity contribution in [2.75, 3.05) is 6.67 Å². The van der Waals surface area contributed by atoms with Crippen LogP contribution in [0.1, 0.15) is 42.9 Å². The topological polar surface area (TPSA) is 53.9 Å². The minimum Gasteiger partial charge on any atom is -0.319 e. The van der Waals surface area contributed by atoms with Crippen LogP contribution in [0, 0.1) is 12.7 Å². The summed E-state index contributed by atoms with van der Waals surface area (Å²) in [6.45, 7) is 4.90. The summed E-state index contributed by atoms with van der Waals surface area (Å²) < 4.78 is 13.2. The Morgan fingerprint density at radius 1 is 1.10 bits per heavy atom. The fourth-order valence-electron chi connectivity index (χ4n) is 4.14. The van der Waals surface area contributed by atoms with Crippen LogP contribution < -0.4 is 10.2 Å². The summed E-state index contributed by atoms with van der Waals surface area (Å²) in [5.41, 5.74) is 1.92. The molecule has 1 saturated heterocycles. The molecule has 0 radical (unpaired) electrons. The molecule has 1 unspecified atom stereocenters. The van der Waals surface area contributed by atoms with Gasteiger partial charge in [0.15, 0.2) is 6.67 Å². The molecule has 0 spiro atoms. The third kappa shape index (κ3) is 3.77. The molecule has 4 rings (SSSR count). The van der Waals surface area contributed by atoms with E-state index in [1.54, 1.807) is 12.1 Å². The molecule has 5 nitrogen and oxygen atoms in total. The minimum absolute atomic E-state index is 0.189. The van der Waals surface area contributed by atoms with Crippen molar-refractivity contribution in [2.24, 2.45) is 0 Å². The lowest BCUT2D eigenvalue weighted by Gasteiger charge is -2.27. The molecule has 2 N–H and O–H groups in total. The van der Waals surface area contributed by atoms with Crippen LogP contribution in [0.2, 0.25) is 0 Å². The molecule has 152 valence electrons. The van der Waals surface area contributed by atoms with Crippen molar-refractivity contribution in [1.82, 2.24) is 10.2 Å². The molecule has 2 fully saturated rings. The quantitative estimate of drug-likeness (QED) is 0.707. The molecule has 0 aromatic heterocycles. The molecular weight excluding hydrogens is 369 g/mol. The van der Waals surface area contributed by atoms with Gasteiger partial charge in [-0.2, -0.15) is 0 Å². The first-order valence-corrected chi connectivity index (χ1v) is 10.2. The van der Waals surface area contributed by atoms with E-state index in [0.717, 1.165) is 34.4 Å². The average molecular weight is 396 g/mol. The van der Waals surface area contributed by atoms with Gasteiger partial charge in [-0.05, 0) is 31.0 Å². The van der Waals surface area contributed by atoms with Crippen LogP contribution >= 0.6 is 0 Å². The maximum atomic E-state index is 13.4. The van der Waals surface area contributed by atoms with Gasteiger partial charge in [-0.15, -0.1) is 0 Å². The second-order valence-electron chi connectivity index (χ2n) is 8.18. The van der Waals surface area contributed by atoms with Crippen LogP contribution in [0.3, 0.4) is 0 Å². The van der Waals surface area contributed by atoms with Crippen molar-refractivity contribution in [3.8, 4) is 0 Å². The van der Waals surface area contributed by atoms with Gasteiger partial charge < -0.3 is 10.2 Å². The normalized spacial score (nSPS) is 22.7. The molecular formula is C23H27FN3O2+. The maximum absolute atomic E-state index is 13.4. The molecule has 2 aromatic rings. The lowest BCUT2D eigenvalue weighted by molar-refractivity contribution is -0.931. The van der Waals surface area contributed by atoms with E-state index in [1.165, 1.54) is 17.0 Å². The first-order valence-electron chi connectivity index (χ1n) is 10.2. The maximum Gasteiger partial charge on any atom is 0.329 e. The van der Waals surface area contributed by atoms with E-state index < -0.39 is 5.54 Å². The molecule has 2 aliphatic rings. The second-order valence-corrected chi connectivity index (χ2v) is 8.18. The zero-order valence-electron chi connectivity index (χ0n) is 16.9. The molecule has 29 heavy (non-hydrogen) atoms. The Hall–Kier alpha value is -2.73. The van der Waals surface area contributed by atoms with Gasteiger partial charge in [-0.3, -0.25) is 4.79 Å². The molecule has 1 saturated carbocycles. The summed E-state index contributed by atoms with van der Waals surface area (Å²) in [5, 5.41) is 2.96. The lowest BCUT2D eigenvalue weighted by atomic mass is 9.87. The summed E-state index contributed by atoms with van der Waals surface area (Å²) >= 11 is 0. The lowest BCUT2D eigenvalue weighted by Crippen LogP contribution is -3.13. The number of urea groups is 1. The summed E-state index contributed by atoms with van der Waals surface area (Å²) in [6, 6.07) is 14.3. The average Bonchev–Trinajstić information content (AvgIpc) is 3.53. The van der Waals surface area contributed by atoms with Crippen molar-refractivity contribution in [3.05, 3.63) is 71.0 Å². The van der Waals surface area contributed by atoms with Crippen LogP contribution in [0.4, 0.5) is 9.18 Å². The SMILES string of the molecule is CC[C@]1(c2ccc(C)cc2)NC(=O)N(C[NH+](Cc2ccc(F)cc2)C2CC2)C1=O. The fourth-order valence-corrected chi connectivity index (χ4v) is 4.14. The van der Waals surface area contributed by atoms with E-state index in [4.69, 9.17) is 0 Å². The molecule has 1 heterocycles. The third-order valence-electron chi connectivity index (χ3n) is 6.11. The fraction of sp³-hybridized carbons (Fsp3) is 0.391. The highest BCUT2D eigenvalue weighted by molar-refractivity contribution is 6.07. The molecule has 1 aliphatic carbocycles. The highest BCUT2D eigenvalue weighted by Crippen LogP contribution is 2.32. The van der Waals surface area contributed by atoms with E-state index >= 15 is 0 Å². The molecule has 2 atom stereocenters. The van der Waals surface area contributed by atoms with Crippen LogP contribution in [-0.2, 0) is 16.9 Å². The van der Waals surface area contributed by atoms with Crippen molar-refractivity contribution in [3.63, 3.8) is 0 Å². The predicted molar refractivity (Wildman–Crippen MR) is 107 cm³/mol. The monoisotopic (exact) mass is 396 g/mol. The van der Waals surface area contributed by atoms with Crippen molar-refractivity contribution in [1.29, 1.82) is 0 Å². The van der Waals surface area contributed by atoms with Gasteiger partial charge in [0.1, 0.15) is 17.9 Å². The highest BCUT2D eigenvalue weighted by Gasteiger charge is 2.53. The number of carbonyl (C=O) groups excluding carboxylic acids is 2. The Balaban J connectivity index is 1.55. The number of amides is 3. The molecule has 6 heteroatoms. The second kappa shape index (κ2) is 7.59. The number of nitrogens with zero attached hydrogens (tertiary/aromatic N) is 1. The summed E-state index contributed by atoms with van der Waals surface area (Å²) in [7, 11) is 0. The highest BCUT2D eigenvalue weighted by atomic mass is 19.1. The van der Waals surface area contributed by atoms with Crippen LogP contribution in [0.15, 0.2) is 48.5 Å². The number of hydrogen-bond donors (Lipinski definition) is 2. The van der Waals surface area contributed by atoms with E-state index in [2.05, 4.69) is 5.32 Å². The zero-order valence-corrected chi connectivity index (χ0v) is 16.9. The van der Waals surface area contributed by atoms with Gasteiger partial charge in [0.05, 0.1) is 6.04 Å². The van der Waals surface area contributed by atoms with Gasteiger partial charge in [0, 0.05) is 18.4 Å². The molecule has 2 aromatic carbocycles. The number of carbonyl (C=O) groups is 2. The largest absolute Gasteiger partial charge is 0.329 e. The van der Waals surface area contributed by atoms with Gasteiger partial charge in [-0.1, -0.05) is 48.9 Å². The molecule has 3 amide bonds. The number of imide groups is 1. The van der Waals surface area contributed by atoms with E-state index in [1.807, 2.05) is 38.1 Å². The van der Waals surface area contributed by atoms with E-state index in [-0.39, 0.29) is 17.8 Å². The summed E-state index contributed by atoms with van der Waals surface area (Å²) in [4.78, 5) is 28.7. The van der Waals surface area contributed by atoms with Gasteiger partial charge in [0.2, 0.25) is 0 Å². The number of halogens is 1. The summed E-state index contributed by atoms with van der Waals surface area (Å²) in [6.07, 6.45) is 2.65. The van der Waals surface area contributed by atoms with E-state index in [0.29, 0.717) is 25.7 Å². The smallest absolute Gasteiger partial charge is 0.319 e. The number of hydrogen-bond acceptors (Lipinski definition) is 2.